The van der Waals surface area contributed by atoms with Crippen molar-refractivity contribution in [3.05, 3.63) is 52.3 Å². The quantitative estimate of drug-likeness (QED) is 0.713. The lowest BCUT2D eigenvalue weighted by Gasteiger charge is -2.17. The summed E-state index contributed by atoms with van der Waals surface area (Å²) in [6.07, 6.45) is 4.28. The second kappa shape index (κ2) is 4.79. The van der Waals surface area contributed by atoms with E-state index in [9.17, 15) is 0 Å². The Bertz CT molecular complexity index is 492. The molecule has 17 heavy (non-hydrogen) atoms. The first kappa shape index (κ1) is 12.0. The van der Waals surface area contributed by atoms with Gasteiger partial charge in [-0.25, -0.2) is 0 Å². The van der Waals surface area contributed by atoms with Crippen LogP contribution in [-0.2, 0) is 0 Å². The molecule has 0 heterocycles. The standard InChI is InChI=1S/C16H20O/c1-11-5-7-15(9-13(11)3)17-16-8-6-12(2)14(4)10-16/h5,7,9-10H,6,8H2,1-4H3. The number of ether oxygens (including phenoxy) is 1. The maximum absolute atomic E-state index is 5.94. The molecule has 0 atom stereocenters. The van der Waals surface area contributed by atoms with Crippen molar-refractivity contribution in [2.45, 2.75) is 40.5 Å². The highest BCUT2D eigenvalue weighted by atomic mass is 16.5. The fraction of sp³-hybridized carbons (Fsp3) is 0.375. The molecule has 2 rings (SSSR count). The SMILES string of the molecule is CC1=C(C)CCC(Oc2ccc(C)c(C)c2)=C1. The average Bonchev–Trinajstić information content (AvgIpc) is 2.29. The number of aryl methyl sites for hydroxylation is 2. The normalized spacial score (nSPS) is 15.9. The van der Waals surface area contributed by atoms with Gasteiger partial charge < -0.3 is 4.74 Å². The van der Waals surface area contributed by atoms with Crippen LogP contribution in [0.15, 0.2) is 41.2 Å². The molecule has 1 nitrogen and oxygen atoms in total. The molecule has 0 unspecified atom stereocenters. The summed E-state index contributed by atoms with van der Waals surface area (Å²) < 4.78 is 5.94. The van der Waals surface area contributed by atoms with Gasteiger partial charge in [0.15, 0.2) is 0 Å². The van der Waals surface area contributed by atoms with Crippen molar-refractivity contribution in [2.24, 2.45) is 0 Å². The molecule has 1 aliphatic rings. The van der Waals surface area contributed by atoms with Crippen molar-refractivity contribution < 1.29 is 4.74 Å². The molecule has 0 N–H and O–H groups in total. The number of allylic oxidation sites excluding steroid dienone is 4. The molecule has 0 saturated carbocycles. The van der Waals surface area contributed by atoms with E-state index < -0.39 is 0 Å². The number of rotatable bonds is 2. The van der Waals surface area contributed by atoms with Gasteiger partial charge in [-0.3, -0.25) is 0 Å². The number of hydrogen-bond acceptors (Lipinski definition) is 1. The zero-order chi connectivity index (χ0) is 12.4. The first-order chi connectivity index (χ1) is 8.06. The minimum absolute atomic E-state index is 0.951. The average molecular weight is 228 g/mol. The van der Waals surface area contributed by atoms with E-state index in [2.05, 4.69) is 45.9 Å². The minimum Gasteiger partial charge on any atom is -0.462 e. The summed E-state index contributed by atoms with van der Waals surface area (Å²) in [5.41, 5.74) is 5.40. The van der Waals surface area contributed by atoms with E-state index in [0.717, 1.165) is 24.4 Å². The molecule has 0 spiro atoms. The van der Waals surface area contributed by atoms with Crippen LogP contribution in [0.5, 0.6) is 5.75 Å². The van der Waals surface area contributed by atoms with Gasteiger partial charge in [0.2, 0.25) is 0 Å². The molecule has 0 aromatic heterocycles. The first-order valence-corrected chi connectivity index (χ1v) is 6.18. The Balaban J connectivity index is 2.17. The first-order valence-electron chi connectivity index (χ1n) is 6.18. The fourth-order valence-corrected chi connectivity index (χ4v) is 1.95. The van der Waals surface area contributed by atoms with Crippen LogP contribution in [0.25, 0.3) is 0 Å². The van der Waals surface area contributed by atoms with Gasteiger partial charge in [-0.05, 0) is 69.0 Å². The minimum atomic E-state index is 0.951. The molecule has 1 aliphatic carbocycles. The van der Waals surface area contributed by atoms with E-state index in [1.165, 1.54) is 22.3 Å². The Morgan fingerprint density at radius 1 is 0.941 bits per heavy atom. The molecule has 0 amide bonds. The third kappa shape index (κ3) is 2.79. The molecular formula is C16H20O. The van der Waals surface area contributed by atoms with Crippen molar-refractivity contribution in [2.75, 3.05) is 0 Å². The van der Waals surface area contributed by atoms with Gasteiger partial charge in [0.25, 0.3) is 0 Å². The van der Waals surface area contributed by atoms with Crippen molar-refractivity contribution in [3.8, 4) is 5.75 Å². The molecule has 0 aliphatic heterocycles. The molecule has 1 aromatic rings. The van der Waals surface area contributed by atoms with Gasteiger partial charge in [-0.15, -0.1) is 0 Å². The van der Waals surface area contributed by atoms with Gasteiger partial charge in [0.05, 0.1) is 0 Å². The van der Waals surface area contributed by atoms with E-state index in [1.807, 2.05) is 6.07 Å². The van der Waals surface area contributed by atoms with Crippen LogP contribution < -0.4 is 4.74 Å². The van der Waals surface area contributed by atoms with E-state index in [0.29, 0.717) is 0 Å². The lowest BCUT2D eigenvalue weighted by molar-refractivity contribution is 0.399. The predicted octanol–water partition coefficient (Wildman–Crippen LogP) is 4.70. The predicted molar refractivity (Wildman–Crippen MR) is 72.2 cm³/mol. The van der Waals surface area contributed by atoms with Crippen LogP contribution in [-0.4, -0.2) is 0 Å². The summed E-state index contributed by atoms with van der Waals surface area (Å²) >= 11 is 0. The van der Waals surface area contributed by atoms with Crippen LogP contribution in [0.1, 0.15) is 37.8 Å². The number of hydrogen-bond donors (Lipinski definition) is 0. The maximum atomic E-state index is 5.94. The number of benzene rings is 1. The Morgan fingerprint density at radius 3 is 2.35 bits per heavy atom. The van der Waals surface area contributed by atoms with Crippen LogP contribution in [0.2, 0.25) is 0 Å². The van der Waals surface area contributed by atoms with Crippen LogP contribution in [0.3, 0.4) is 0 Å². The maximum Gasteiger partial charge on any atom is 0.127 e. The van der Waals surface area contributed by atoms with Crippen molar-refractivity contribution >= 4 is 0 Å². The molecule has 90 valence electrons. The van der Waals surface area contributed by atoms with Crippen LogP contribution in [0.4, 0.5) is 0 Å². The Kier molecular flexibility index (Phi) is 3.37. The monoisotopic (exact) mass is 228 g/mol. The lowest BCUT2D eigenvalue weighted by Crippen LogP contribution is -2.02. The highest BCUT2D eigenvalue weighted by molar-refractivity contribution is 5.36. The van der Waals surface area contributed by atoms with E-state index in [-0.39, 0.29) is 0 Å². The second-order valence-electron chi connectivity index (χ2n) is 4.92. The van der Waals surface area contributed by atoms with Crippen molar-refractivity contribution in [1.29, 1.82) is 0 Å². The summed E-state index contributed by atoms with van der Waals surface area (Å²) in [4.78, 5) is 0. The summed E-state index contributed by atoms with van der Waals surface area (Å²) in [7, 11) is 0. The van der Waals surface area contributed by atoms with Crippen LogP contribution >= 0.6 is 0 Å². The third-order valence-electron chi connectivity index (χ3n) is 3.52. The summed E-state index contributed by atoms with van der Waals surface area (Å²) in [6.45, 7) is 8.58. The van der Waals surface area contributed by atoms with Gasteiger partial charge in [-0.2, -0.15) is 0 Å². The molecular weight excluding hydrogens is 208 g/mol. The molecule has 1 heteroatoms. The van der Waals surface area contributed by atoms with Gasteiger partial charge in [-0.1, -0.05) is 11.6 Å². The zero-order valence-electron chi connectivity index (χ0n) is 11.1. The van der Waals surface area contributed by atoms with Gasteiger partial charge in [0, 0.05) is 6.42 Å². The summed E-state index contributed by atoms with van der Waals surface area (Å²) in [6, 6.07) is 6.27. The Morgan fingerprint density at radius 2 is 1.71 bits per heavy atom. The van der Waals surface area contributed by atoms with Crippen molar-refractivity contribution in [1.82, 2.24) is 0 Å². The van der Waals surface area contributed by atoms with Gasteiger partial charge >= 0.3 is 0 Å². The Hall–Kier alpha value is -1.50. The highest BCUT2D eigenvalue weighted by Crippen LogP contribution is 2.26. The highest BCUT2D eigenvalue weighted by Gasteiger charge is 2.09. The molecule has 0 saturated heterocycles. The molecule has 1 aromatic carbocycles. The largest absolute Gasteiger partial charge is 0.462 e. The summed E-state index contributed by atoms with van der Waals surface area (Å²) in [5.74, 6) is 2.03. The van der Waals surface area contributed by atoms with E-state index in [1.54, 1.807) is 0 Å². The van der Waals surface area contributed by atoms with Crippen molar-refractivity contribution in [3.63, 3.8) is 0 Å². The lowest BCUT2D eigenvalue weighted by atomic mass is 9.99. The summed E-state index contributed by atoms with van der Waals surface area (Å²) in [5, 5.41) is 0. The van der Waals surface area contributed by atoms with Crippen LogP contribution in [0, 0.1) is 13.8 Å². The molecule has 0 fully saturated rings. The second-order valence-corrected chi connectivity index (χ2v) is 4.92. The topological polar surface area (TPSA) is 9.23 Å². The molecule has 0 radical (unpaired) electrons. The fourth-order valence-electron chi connectivity index (χ4n) is 1.95. The van der Waals surface area contributed by atoms with E-state index in [4.69, 9.17) is 4.74 Å². The van der Waals surface area contributed by atoms with E-state index >= 15 is 0 Å². The van der Waals surface area contributed by atoms with Gasteiger partial charge in [0.1, 0.15) is 11.5 Å². The smallest absolute Gasteiger partial charge is 0.127 e. The third-order valence-corrected chi connectivity index (χ3v) is 3.52. The zero-order valence-corrected chi connectivity index (χ0v) is 11.1. The Labute approximate surface area is 104 Å². The molecule has 0 bridgehead atoms.